The lowest BCUT2D eigenvalue weighted by molar-refractivity contribution is -0.137. The monoisotopic (exact) mass is 415 g/mol. The molecule has 0 aliphatic rings. The van der Waals surface area contributed by atoms with Crippen molar-refractivity contribution < 1.29 is 13.2 Å². The van der Waals surface area contributed by atoms with Crippen LogP contribution in [0.3, 0.4) is 0 Å². The molecule has 134 valence electrons. The Morgan fingerprint density at radius 3 is 2.50 bits per heavy atom. The minimum Gasteiger partial charge on any atom is -0.253 e. The van der Waals surface area contributed by atoms with Crippen LogP contribution in [0.5, 0.6) is 0 Å². The van der Waals surface area contributed by atoms with Crippen molar-refractivity contribution >= 4 is 45.9 Å². The van der Waals surface area contributed by atoms with Crippen molar-refractivity contribution in [3.05, 3.63) is 69.0 Å². The van der Waals surface area contributed by atoms with E-state index in [1.54, 1.807) is 0 Å². The number of nitrogens with zero attached hydrogens (tertiary/aromatic N) is 2. The van der Waals surface area contributed by atoms with Crippen LogP contribution in [0, 0.1) is 0 Å². The third-order valence-electron chi connectivity index (χ3n) is 3.36. The summed E-state index contributed by atoms with van der Waals surface area (Å²) in [5.41, 5.74) is 3.41. The molecule has 26 heavy (non-hydrogen) atoms. The molecule has 0 aliphatic heterocycles. The van der Waals surface area contributed by atoms with Crippen molar-refractivity contribution in [2.45, 2.75) is 6.18 Å². The number of hydrazone groups is 1. The lowest BCUT2D eigenvalue weighted by atomic mass is 10.1. The minimum atomic E-state index is -4.57. The summed E-state index contributed by atoms with van der Waals surface area (Å²) in [6, 6.07) is 11.5. The van der Waals surface area contributed by atoms with Crippen LogP contribution in [0.15, 0.2) is 52.9 Å². The molecule has 0 bridgehead atoms. The first-order valence-corrected chi connectivity index (χ1v) is 8.85. The molecule has 0 radical (unpaired) electrons. The summed E-state index contributed by atoms with van der Waals surface area (Å²) in [7, 11) is 0. The number of thiazole rings is 1. The third kappa shape index (κ3) is 4.17. The van der Waals surface area contributed by atoms with Gasteiger partial charge in [0.25, 0.3) is 0 Å². The maximum absolute atomic E-state index is 12.9. The molecule has 1 heterocycles. The molecule has 1 N–H and O–H groups in total. The molecule has 3 rings (SSSR count). The summed E-state index contributed by atoms with van der Waals surface area (Å²) in [5.74, 6) is 0. The van der Waals surface area contributed by atoms with Gasteiger partial charge in [0.05, 0.1) is 27.5 Å². The van der Waals surface area contributed by atoms with E-state index in [-0.39, 0.29) is 10.6 Å². The Kier molecular flexibility index (Phi) is 5.50. The molecule has 0 saturated heterocycles. The molecule has 0 saturated carbocycles. The largest absolute Gasteiger partial charge is 0.417 e. The molecule has 3 nitrogen and oxygen atoms in total. The van der Waals surface area contributed by atoms with Gasteiger partial charge in [-0.2, -0.15) is 18.3 Å². The van der Waals surface area contributed by atoms with Crippen LogP contribution in [0.25, 0.3) is 11.3 Å². The first kappa shape index (κ1) is 18.7. The minimum absolute atomic E-state index is 0.0181. The molecule has 9 heteroatoms. The average Bonchev–Trinajstić information content (AvgIpc) is 3.06. The number of benzene rings is 2. The van der Waals surface area contributed by atoms with Crippen molar-refractivity contribution in [1.82, 2.24) is 4.98 Å². The fraction of sp³-hybridized carbons (Fsp3) is 0.0588. The quantitative estimate of drug-likeness (QED) is 0.385. The van der Waals surface area contributed by atoms with E-state index < -0.39 is 16.8 Å². The Balaban J connectivity index is 1.79. The highest BCUT2D eigenvalue weighted by Gasteiger charge is 2.34. The number of rotatable bonds is 4. The zero-order chi connectivity index (χ0) is 18.7. The van der Waals surface area contributed by atoms with Gasteiger partial charge in [-0.25, -0.2) is 4.98 Å². The highest BCUT2D eigenvalue weighted by molar-refractivity contribution is 7.14. The second-order valence-electron chi connectivity index (χ2n) is 5.09. The van der Waals surface area contributed by atoms with Crippen molar-refractivity contribution in [1.29, 1.82) is 0 Å². The van der Waals surface area contributed by atoms with Gasteiger partial charge in [0.2, 0.25) is 5.13 Å². The Morgan fingerprint density at radius 2 is 1.81 bits per heavy atom. The van der Waals surface area contributed by atoms with E-state index in [0.717, 1.165) is 29.6 Å². The summed E-state index contributed by atoms with van der Waals surface area (Å²) in [5, 5.41) is 5.80. The van der Waals surface area contributed by atoms with E-state index in [1.807, 2.05) is 35.7 Å². The van der Waals surface area contributed by atoms with Crippen LogP contribution < -0.4 is 5.43 Å². The number of halogens is 5. The van der Waals surface area contributed by atoms with Crippen molar-refractivity contribution in [3.8, 4) is 11.3 Å². The summed E-state index contributed by atoms with van der Waals surface area (Å²) >= 11 is 13.1. The maximum Gasteiger partial charge on any atom is 0.417 e. The van der Waals surface area contributed by atoms with Crippen LogP contribution >= 0.6 is 34.5 Å². The van der Waals surface area contributed by atoms with Crippen LogP contribution in [0.4, 0.5) is 18.3 Å². The van der Waals surface area contributed by atoms with Gasteiger partial charge in [-0.1, -0.05) is 53.5 Å². The fourth-order valence-electron chi connectivity index (χ4n) is 2.13. The molecule has 0 amide bonds. The van der Waals surface area contributed by atoms with Gasteiger partial charge < -0.3 is 0 Å². The van der Waals surface area contributed by atoms with Crippen molar-refractivity contribution in [3.63, 3.8) is 0 Å². The molecule has 0 fully saturated rings. The van der Waals surface area contributed by atoms with Gasteiger partial charge in [0.1, 0.15) is 0 Å². The molecule has 0 atom stereocenters. The molecule has 0 aliphatic carbocycles. The van der Waals surface area contributed by atoms with E-state index in [9.17, 15) is 13.2 Å². The first-order valence-electron chi connectivity index (χ1n) is 7.21. The van der Waals surface area contributed by atoms with E-state index in [2.05, 4.69) is 15.5 Å². The van der Waals surface area contributed by atoms with Crippen LogP contribution in [-0.4, -0.2) is 11.2 Å². The topological polar surface area (TPSA) is 37.3 Å². The zero-order valence-electron chi connectivity index (χ0n) is 12.9. The van der Waals surface area contributed by atoms with Gasteiger partial charge in [-0.3, -0.25) is 5.43 Å². The highest BCUT2D eigenvalue weighted by atomic mass is 35.5. The Morgan fingerprint density at radius 1 is 1.08 bits per heavy atom. The second kappa shape index (κ2) is 7.65. The smallest absolute Gasteiger partial charge is 0.253 e. The molecule has 0 spiro atoms. The second-order valence-corrected chi connectivity index (χ2v) is 6.74. The number of alkyl halides is 3. The molecular formula is C17H10Cl2F3N3S. The SMILES string of the molecule is FC(F)(F)c1ccc(Cl)c(C=NNc2nc(-c3ccccc3)cs2)c1Cl. The number of nitrogens with one attached hydrogen (secondary N) is 1. The lowest BCUT2D eigenvalue weighted by Gasteiger charge is -2.11. The molecule has 1 aromatic heterocycles. The van der Waals surface area contributed by atoms with Gasteiger partial charge in [0, 0.05) is 16.5 Å². The standard InChI is InChI=1S/C17H10Cl2F3N3S/c18-13-7-6-12(17(20,21)22)15(19)11(13)8-23-25-16-24-14(9-26-16)10-4-2-1-3-5-10/h1-9H,(H,24,25). The number of aromatic nitrogens is 1. The summed E-state index contributed by atoms with van der Waals surface area (Å²) in [4.78, 5) is 4.36. The third-order valence-corrected chi connectivity index (χ3v) is 4.84. The normalized spacial score (nSPS) is 11.9. The van der Waals surface area contributed by atoms with Crippen LogP contribution in [-0.2, 0) is 6.18 Å². The number of anilines is 1. The predicted octanol–water partition coefficient (Wildman–Crippen LogP) is 6.58. The molecular weight excluding hydrogens is 406 g/mol. The molecule has 0 unspecified atom stereocenters. The van der Waals surface area contributed by atoms with Gasteiger partial charge >= 0.3 is 6.18 Å². The van der Waals surface area contributed by atoms with Gasteiger partial charge in [-0.15, -0.1) is 11.3 Å². The summed E-state index contributed by atoms with van der Waals surface area (Å²) < 4.78 is 38.7. The van der Waals surface area contributed by atoms with Crippen LogP contribution in [0.2, 0.25) is 10.0 Å². The highest BCUT2D eigenvalue weighted by Crippen LogP contribution is 2.38. The van der Waals surface area contributed by atoms with Crippen LogP contribution in [0.1, 0.15) is 11.1 Å². The van der Waals surface area contributed by atoms with E-state index >= 15 is 0 Å². The van der Waals surface area contributed by atoms with E-state index in [1.165, 1.54) is 11.3 Å². The zero-order valence-corrected chi connectivity index (χ0v) is 15.2. The number of hydrogen-bond acceptors (Lipinski definition) is 4. The Bertz CT molecular complexity index is 940. The maximum atomic E-state index is 12.9. The Hall–Kier alpha value is -2.09. The Labute approximate surface area is 161 Å². The summed E-state index contributed by atoms with van der Waals surface area (Å²) in [6.45, 7) is 0. The average molecular weight is 416 g/mol. The van der Waals surface area contributed by atoms with Crippen molar-refractivity contribution in [2.75, 3.05) is 5.43 Å². The molecule has 3 aromatic rings. The summed E-state index contributed by atoms with van der Waals surface area (Å²) in [6.07, 6.45) is -3.43. The van der Waals surface area contributed by atoms with E-state index in [0.29, 0.717) is 5.13 Å². The van der Waals surface area contributed by atoms with Crippen molar-refractivity contribution in [2.24, 2.45) is 5.10 Å². The van der Waals surface area contributed by atoms with Gasteiger partial charge in [0.15, 0.2) is 0 Å². The number of hydrogen-bond donors (Lipinski definition) is 1. The van der Waals surface area contributed by atoms with E-state index in [4.69, 9.17) is 23.2 Å². The van der Waals surface area contributed by atoms with Gasteiger partial charge in [-0.05, 0) is 12.1 Å². The first-order chi connectivity index (χ1) is 12.4. The molecule has 2 aromatic carbocycles. The lowest BCUT2D eigenvalue weighted by Crippen LogP contribution is -2.07. The fourth-order valence-corrected chi connectivity index (χ4v) is 3.37. The predicted molar refractivity (Wildman–Crippen MR) is 100 cm³/mol.